The van der Waals surface area contributed by atoms with Crippen molar-refractivity contribution in [3.63, 3.8) is 0 Å². The van der Waals surface area contributed by atoms with Crippen molar-refractivity contribution < 1.29 is 14.3 Å². The van der Waals surface area contributed by atoms with E-state index in [1.165, 1.54) is 6.20 Å². The highest BCUT2D eigenvalue weighted by molar-refractivity contribution is 6.74. The van der Waals surface area contributed by atoms with Gasteiger partial charge < -0.3 is 9.53 Å². The van der Waals surface area contributed by atoms with Crippen LogP contribution < -0.4 is 0 Å². The molecule has 1 rings (SSSR count). The lowest BCUT2D eigenvalue weighted by Crippen LogP contribution is -2.40. The molecule has 0 aromatic carbocycles. The molecule has 1 aromatic rings. The Hall–Kier alpha value is -1.20. The molecule has 0 aliphatic carbocycles. The predicted molar refractivity (Wildman–Crippen MR) is 73.2 cm³/mol. The van der Waals surface area contributed by atoms with Crippen LogP contribution in [0.1, 0.15) is 36.7 Å². The standard InChI is InChI=1S/C13H21NO3Si/c1-13(2,3)18(4,5)17-9-10-6-11(12(15)16)8-14-7-10/h6-8H,9H2,1-5H3,(H,15,16). The number of hydrogen-bond donors (Lipinski definition) is 1. The molecule has 0 saturated carbocycles. The van der Waals surface area contributed by atoms with Crippen LogP contribution in [0.25, 0.3) is 0 Å². The van der Waals surface area contributed by atoms with Gasteiger partial charge in [0, 0.05) is 12.4 Å². The van der Waals surface area contributed by atoms with Crippen molar-refractivity contribution in [1.82, 2.24) is 4.98 Å². The summed E-state index contributed by atoms with van der Waals surface area (Å²) in [7, 11) is -1.81. The van der Waals surface area contributed by atoms with Crippen LogP contribution in [-0.2, 0) is 11.0 Å². The van der Waals surface area contributed by atoms with E-state index in [1.54, 1.807) is 12.3 Å². The summed E-state index contributed by atoms with van der Waals surface area (Å²) in [5.41, 5.74) is 1.01. The molecule has 0 fully saturated rings. The Labute approximate surface area is 109 Å². The summed E-state index contributed by atoms with van der Waals surface area (Å²) in [5, 5.41) is 9.04. The van der Waals surface area contributed by atoms with E-state index in [1.807, 2.05) is 0 Å². The molecule has 0 saturated heterocycles. The summed E-state index contributed by atoms with van der Waals surface area (Å²) in [6.07, 6.45) is 3.00. The van der Waals surface area contributed by atoms with Crippen LogP contribution in [0.2, 0.25) is 18.1 Å². The smallest absolute Gasteiger partial charge is 0.337 e. The molecule has 100 valence electrons. The van der Waals surface area contributed by atoms with Gasteiger partial charge in [0.15, 0.2) is 8.32 Å². The lowest BCUT2D eigenvalue weighted by Gasteiger charge is -2.36. The van der Waals surface area contributed by atoms with Crippen molar-refractivity contribution in [3.8, 4) is 0 Å². The summed E-state index contributed by atoms with van der Waals surface area (Å²) < 4.78 is 6.02. The van der Waals surface area contributed by atoms with Gasteiger partial charge in [-0.3, -0.25) is 4.98 Å². The zero-order chi connectivity index (χ0) is 14.0. The molecule has 1 heterocycles. The van der Waals surface area contributed by atoms with Crippen LogP contribution in [-0.4, -0.2) is 24.4 Å². The van der Waals surface area contributed by atoms with Crippen molar-refractivity contribution in [1.29, 1.82) is 0 Å². The van der Waals surface area contributed by atoms with Gasteiger partial charge in [-0.25, -0.2) is 4.79 Å². The molecule has 0 amide bonds. The molecule has 0 atom stereocenters. The Balaban J connectivity index is 2.75. The summed E-state index contributed by atoms with van der Waals surface area (Å²) in [5.74, 6) is -0.961. The van der Waals surface area contributed by atoms with Gasteiger partial charge in [-0.2, -0.15) is 0 Å². The summed E-state index contributed by atoms with van der Waals surface area (Å²) in [6.45, 7) is 11.3. The second-order valence-corrected chi connectivity index (χ2v) is 10.7. The summed E-state index contributed by atoms with van der Waals surface area (Å²) >= 11 is 0. The molecule has 0 bridgehead atoms. The lowest BCUT2D eigenvalue weighted by molar-refractivity contribution is 0.0696. The number of aromatic carboxylic acids is 1. The first-order valence-electron chi connectivity index (χ1n) is 5.95. The average molecular weight is 267 g/mol. The third-order valence-electron chi connectivity index (χ3n) is 3.45. The fourth-order valence-corrected chi connectivity index (χ4v) is 2.12. The topological polar surface area (TPSA) is 59.4 Å². The Kier molecular flexibility index (Phi) is 4.29. The first kappa shape index (κ1) is 14.9. The fourth-order valence-electron chi connectivity index (χ4n) is 1.16. The van der Waals surface area contributed by atoms with Crippen LogP contribution in [0, 0.1) is 0 Å². The van der Waals surface area contributed by atoms with Gasteiger partial charge in [-0.1, -0.05) is 20.8 Å². The lowest BCUT2D eigenvalue weighted by atomic mass is 10.2. The van der Waals surface area contributed by atoms with Crippen LogP contribution >= 0.6 is 0 Å². The molecule has 0 unspecified atom stereocenters. The highest BCUT2D eigenvalue weighted by Gasteiger charge is 2.37. The van der Waals surface area contributed by atoms with Gasteiger partial charge in [-0.05, 0) is 29.8 Å². The minimum atomic E-state index is -1.81. The molecule has 1 N–H and O–H groups in total. The Morgan fingerprint density at radius 1 is 1.39 bits per heavy atom. The minimum absolute atomic E-state index is 0.144. The van der Waals surface area contributed by atoms with E-state index in [9.17, 15) is 4.79 Å². The Morgan fingerprint density at radius 2 is 2.00 bits per heavy atom. The maximum Gasteiger partial charge on any atom is 0.337 e. The zero-order valence-electron chi connectivity index (χ0n) is 11.7. The number of carboxylic acids is 1. The van der Waals surface area contributed by atoms with Crippen molar-refractivity contribution in [2.24, 2.45) is 0 Å². The van der Waals surface area contributed by atoms with Crippen LogP contribution in [0.15, 0.2) is 18.5 Å². The van der Waals surface area contributed by atoms with E-state index in [0.717, 1.165) is 5.56 Å². The quantitative estimate of drug-likeness (QED) is 0.850. The number of rotatable bonds is 4. The zero-order valence-corrected chi connectivity index (χ0v) is 12.7. The fraction of sp³-hybridized carbons (Fsp3) is 0.538. The third kappa shape index (κ3) is 3.65. The van der Waals surface area contributed by atoms with Crippen molar-refractivity contribution in [2.45, 2.75) is 45.5 Å². The van der Waals surface area contributed by atoms with Crippen LogP contribution in [0.4, 0.5) is 0 Å². The van der Waals surface area contributed by atoms with E-state index in [-0.39, 0.29) is 10.6 Å². The van der Waals surface area contributed by atoms with Gasteiger partial charge in [0.1, 0.15) is 0 Å². The number of carboxylic acid groups (broad SMARTS) is 1. The number of nitrogens with zero attached hydrogens (tertiary/aromatic N) is 1. The number of aromatic nitrogens is 1. The van der Waals surface area contributed by atoms with Gasteiger partial charge >= 0.3 is 5.97 Å². The third-order valence-corrected chi connectivity index (χ3v) is 7.93. The van der Waals surface area contributed by atoms with Gasteiger partial charge in [0.05, 0.1) is 12.2 Å². The molecule has 0 spiro atoms. The van der Waals surface area contributed by atoms with E-state index < -0.39 is 14.3 Å². The average Bonchev–Trinajstić information content (AvgIpc) is 2.25. The molecule has 0 radical (unpaired) electrons. The minimum Gasteiger partial charge on any atom is -0.478 e. The van der Waals surface area contributed by atoms with Gasteiger partial charge in [0.2, 0.25) is 0 Å². The molecule has 0 aliphatic rings. The second kappa shape index (κ2) is 5.20. The SMILES string of the molecule is CC(C)(C)[Si](C)(C)OCc1cncc(C(=O)O)c1. The summed E-state index contributed by atoms with van der Waals surface area (Å²) in [4.78, 5) is 14.8. The molecule has 4 nitrogen and oxygen atoms in total. The van der Waals surface area contributed by atoms with E-state index >= 15 is 0 Å². The van der Waals surface area contributed by atoms with Crippen molar-refractivity contribution in [3.05, 3.63) is 29.6 Å². The van der Waals surface area contributed by atoms with Crippen molar-refractivity contribution in [2.75, 3.05) is 0 Å². The normalized spacial score (nSPS) is 12.5. The largest absolute Gasteiger partial charge is 0.478 e. The molecular weight excluding hydrogens is 246 g/mol. The Bertz CT molecular complexity index is 438. The number of carbonyl (C=O) groups is 1. The molecular formula is C13H21NO3Si. The molecule has 5 heteroatoms. The molecule has 0 aliphatic heterocycles. The van der Waals surface area contributed by atoms with E-state index in [0.29, 0.717) is 6.61 Å². The number of hydrogen-bond acceptors (Lipinski definition) is 3. The second-order valence-electron chi connectivity index (χ2n) is 5.94. The van der Waals surface area contributed by atoms with Crippen molar-refractivity contribution >= 4 is 14.3 Å². The molecule has 18 heavy (non-hydrogen) atoms. The summed E-state index contributed by atoms with van der Waals surface area (Å²) in [6, 6.07) is 1.61. The predicted octanol–water partition coefficient (Wildman–Crippen LogP) is 3.30. The number of pyridine rings is 1. The van der Waals surface area contributed by atoms with Gasteiger partial charge in [-0.15, -0.1) is 0 Å². The first-order valence-corrected chi connectivity index (χ1v) is 8.85. The van der Waals surface area contributed by atoms with E-state index in [4.69, 9.17) is 9.53 Å². The van der Waals surface area contributed by atoms with Crippen LogP contribution in [0.3, 0.4) is 0 Å². The monoisotopic (exact) mass is 267 g/mol. The maximum absolute atomic E-state index is 10.8. The highest BCUT2D eigenvalue weighted by atomic mass is 28.4. The highest BCUT2D eigenvalue weighted by Crippen LogP contribution is 2.37. The van der Waals surface area contributed by atoms with Gasteiger partial charge in [0.25, 0.3) is 0 Å². The maximum atomic E-state index is 10.8. The Morgan fingerprint density at radius 3 is 2.50 bits per heavy atom. The van der Waals surface area contributed by atoms with E-state index in [2.05, 4.69) is 38.8 Å². The first-order chi connectivity index (χ1) is 8.13. The van der Waals surface area contributed by atoms with Crippen LogP contribution in [0.5, 0.6) is 0 Å². The molecule has 1 aromatic heterocycles.